The van der Waals surface area contributed by atoms with Crippen LogP contribution >= 0.6 is 0 Å². The number of nitro groups is 1. The largest absolute Gasteiger partial charge is 0.393 e. The summed E-state index contributed by atoms with van der Waals surface area (Å²) in [7, 11) is 0. The first-order chi connectivity index (χ1) is 12.5. The second kappa shape index (κ2) is 7.55. The number of hydrogen-bond acceptors (Lipinski definition) is 7. The smallest absolute Gasteiger partial charge is 0.294 e. The van der Waals surface area contributed by atoms with E-state index in [0.29, 0.717) is 17.7 Å². The van der Waals surface area contributed by atoms with E-state index in [1.165, 1.54) is 12.1 Å². The first-order valence-corrected chi connectivity index (χ1v) is 8.93. The predicted molar refractivity (Wildman–Crippen MR) is 103 cm³/mol. The Morgan fingerprint density at radius 3 is 2.85 bits per heavy atom. The zero-order valence-corrected chi connectivity index (χ0v) is 15.1. The fourth-order valence-electron chi connectivity index (χ4n) is 3.25. The van der Waals surface area contributed by atoms with Crippen molar-refractivity contribution in [2.24, 2.45) is 0 Å². The minimum absolute atomic E-state index is 0.131. The van der Waals surface area contributed by atoms with Crippen molar-refractivity contribution in [1.29, 1.82) is 0 Å². The Bertz CT molecular complexity index is 810. The molecule has 1 fully saturated rings. The van der Waals surface area contributed by atoms with E-state index < -0.39 is 4.92 Å². The highest BCUT2D eigenvalue weighted by Crippen LogP contribution is 2.29. The highest BCUT2D eigenvalue weighted by molar-refractivity contribution is 5.68. The van der Waals surface area contributed by atoms with E-state index in [9.17, 15) is 10.1 Å². The van der Waals surface area contributed by atoms with Crippen molar-refractivity contribution < 1.29 is 4.92 Å². The van der Waals surface area contributed by atoms with Crippen molar-refractivity contribution in [3.8, 4) is 0 Å². The van der Waals surface area contributed by atoms with Crippen LogP contribution < -0.4 is 16.0 Å². The van der Waals surface area contributed by atoms with Crippen LogP contribution in [0.25, 0.3) is 0 Å². The predicted octanol–water partition coefficient (Wildman–Crippen LogP) is 3.65. The lowest BCUT2D eigenvalue weighted by molar-refractivity contribution is -0.383. The molecule has 0 spiro atoms. The summed E-state index contributed by atoms with van der Waals surface area (Å²) in [5.74, 6) is 1.35. The maximum atomic E-state index is 11.1. The Morgan fingerprint density at radius 1 is 1.38 bits per heavy atom. The lowest BCUT2D eigenvalue weighted by Crippen LogP contribution is -2.27. The van der Waals surface area contributed by atoms with E-state index in [4.69, 9.17) is 5.73 Å². The van der Waals surface area contributed by atoms with Crippen LogP contribution in [0.3, 0.4) is 0 Å². The number of nitro benzene ring substituents is 1. The van der Waals surface area contributed by atoms with E-state index in [-0.39, 0.29) is 11.4 Å². The number of nitrogens with zero attached hydrogens (tertiary/aromatic N) is 4. The SMILES string of the molecule is CCCc1cc(N2CCC[C@H]2C)nc(Nc2ccc(N)c([N+](=O)[O-])c2)n1. The Kier molecular flexibility index (Phi) is 5.20. The molecule has 0 amide bonds. The normalized spacial score (nSPS) is 16.7. The summed E-state index contributed by atoms with van der Waals surface area (Å²) in [6.07, 6.45) is 4.15. The monoisotopic (exact) mass is 356 g/mol. The van der Waals surface area contributed by atoms with Gasteiger partial charge in [0.15, 0.2) is 0 Å². The summed E-state index contributed by atoms with van der Waals surface area (Å²) in [5.41, 5.74) is 7.17. The minimum Gasteiger partial charge on any atom is -0.393 e. The number of aromatic nitrogens is 2. The standard InChI is InChI=1S/C18H24N6O2/c1-3-5-13-11-17(23-9-4-6-12(23)2)22-18(20-13)21-14-7-8-15(19)16(10-14)24(25)26/h7-8,10-12H,3-6,9,19H2,1-2H3,(H,20,21,22)/t12-/m1/s1. The summed E-state index contributed by atoms with van der Waals surface area (Å²) in [6, 6.07) is 7.10. The van der Waals surface area contributed by atoms with Crippen LogP contribution in [0.4, 0.5) is 28.8 Å². The molecule has 138 valence electrons. The Labute approximate surface area is 152 Å². The van der Waals surface area contributed by atoms with Crippen molar-refractivity contribution in [3.63, 3.8) is 0 Å². The second-order valence-corrected chi connectivity index (χ2v) is 6.63. The Morgan fingerprint density at radius 2 is 2.19 bits per heavy atom. The van der Waals surface area contributed by atoms with Gasteiger partial charge in [0.25, 0.3) is 5.69 Å². The number of aryl methyl sites for hydroxylation is 1. The van der Waals surface area contributed by atoms with E-state index in [1.54, 1.807) is 6.07 Å². The third-order valence-electron chi connectivity index (χ3n) is 4.60. The van der Waals surface area contributed by atoms with Crippen LogP contribution in [0.15, 0.2) is 24.3 Å². The minimum atomic E-state index is -0.494. The van der Waals surface area contributed by atoms with Crippen LogP contribution in [0, 0.1) is 10.1 Å². The molecule has 1 atom stereocenters. The molecule has 1 aliphatic rings. The molecule has 0 saturated carbocycles. The van der Waals surface area contributed by atoms with Crippen molar-refractivity contribution in [1.82, 2.24) is 9.97 Å². The molecule has 2 aromatic rings. The van der Waals surface area contributed by atoms with Gasteiger partial charge in [0.1, 0.15) is 11.5 Å². The molecule has 1 aliphatic heterocycles. The molecule has 3 N–H and O–H groups in total. The van der Waals surface area contributed by atoms with Crippen molar-refractivity contribution in [2.75, 3.05) is 22.5 Å². The zero-order valence-electron chi connectivity index (χ0n) is 15.1. The van der Waals surface area contributed by atoms with Crippen LogP contribution in [-0.4, -0.2) is 27.5 Å². The van der Waals surface area contributed by atoms with Gasteiger partial charge in [-0.05, 0) is 38.3 Å². The van der Waals surface area contributed by atoms with Gasteiger partial charge in [-0.2, -0.15) is 4.98 Å². The summed E-state index contributed by atoms with van der Waals surface area (Å²) in [4.78, 5) is 22.1. The van der Waals surface area contributed by atoms with E-state index in [0.717, 1.165) is 43.7 Å². The molecule has 0 aliphatic carbocycles. The van der Waals surface area contributed by atoms with E-state index >= 15 is 0 Å². The number of benzene rings is 1. The maximum absolute atomic E-state index is 11.1. The first-order valence-electron chi connectivity index (χ1n) is 8.93. The third kappa shape index (κ3) is 3.84. The Balaban J connectivity index is 1.92. The summed E-state index contributed by atoms with van der Waals surface area (Å²) in [6.45, 7) is 5.29. The quantitative estimate of drug-likeness (QED) is 0.462. The number of hydrogen-bond donors (Lipinski definition) is 2. The highest BCUT2D eigenvalue weighted by atomic mass is 16.6. The number of nitrogens with one attached hydrogen (secondary N) is 1. The molecule has 0 bridgehead atoms. The average molecular weight is 356 g/mol. The lowest BCUT2D eigenvalue weighted by Gasteiger charge is -2.23. The van der Waals surface area contributed by atoms with Gasteiger partial charge in [-0.3, -0.25) is 10.1 Å². The Hall–Kier alpha value is -2.90. The molecule has 1 saturated heterocycles. The summed E-state index contributed by atoms with van der Waals surface area (Å²) >= 11 is 0. The molecular weight excluding hydrogens is 332 g/mol. The molecule has 0 unspecified atom stereocenters. The van der Waals surface area contributed by atoms with Crippen LogP contribution in [-0.2, 0) is 6.42 Å². The van der Waals surface area contributed by atoms with Gasteiger partial charge in [0, 0.05) is 36.1 Å². The van der Waals surface area contributed by atoms with Gasteiger partial charge in [0.05, 0.1) is 4.92 Å². The molecular formula is C18H24N6O2. The number of rotatable bonds is 6. The van der Waals surface area contributed by atoms with Crippen molar-refractivity contribution >= 4 is 28.8 Å². The lowest BCUT2D eigenvalue weighted by atomic mass is 10.2. The molecule has 1 aromatic heterocycles. The van der Waals surface area contributed by atoms with Crippen molar-refractivity contribution in [3.05, 3.63) is 40.1 Å². The molecule has 0 radical (unpaired) electrons. The number of anilines is 4. The fraction of sp³-hybridized carbons (Fsp3) is 0.444. The molecule has 8 heteroatoms. The highest BCUT2D eigenvalue weighted by Gasteiger charge is 2.23. The topological polar surface area (TPSA) is 110 Å². The second-order valence-electron chi connectivity index (χ2n) is 6.63. The van der Waals surface area contributed by atoms with Gasteiger partial charge in [-0.15, -0.1) is 0 Å². The van der Waals surface area contributed by atoms with E-state index in [1.807, 2.05) is 6.07 Å². The van der Waals surface area contributed by atoms with Crippen LogP contribution in [0.2, 0.25) is 0 Å². The molecule has 1 aromatic carbocycles. The molecule has 3 rings (SSSR count). The fourth-order valence-corrected chi connectivity index (χ4v) is 3.25. The molecule has 26 heavy (non-hydrogen) atoms. The van der Waals surface area contributed by atoms with Gasteiger partial charge < -0.3 is 16.0 Å². The first kappa shape index (κ1) is 17.9. The van der Waals surface area contributed by atoms with E-state index in [2.05, 4.69) is 34.0 Å². The summed E-state index contributed by atoms with van der Waals surface area (Å²) < 4.78 is 0. The molecule has 2 heterocycles. The van der Waals surface area contributed by atoms with Gasteiger partial charge in [-0.1, -0.05) is 13.3 Å². The van der Waals surface area contributed by atoms with Crippen molar-refractivity contribution in [2.45, 2.75) is 45.6 Å². The number of nitrogens with two attached hydrogens (primary N) is 1. The zero-order chi connectivity index (χ0) is 18.7. The van der Waals surface area contributed by atoms with Crippen LogP contribution in [0.1, 0.15) is 38.8 Å². The van der Waals surface area contributed by atoms with Gasteiger partial charge >= 0.3 is 0 Å². The van der Waals surface area contributed by atoms with Gasteiger partial charge in [-0.25, -0.2) is 4.98 Å². The maximum Gasteiger partial charge on any atom is 0.294 e. The summed E-state index contributed by atoms with van der Waals surface area (Å²) in [5, 5.41) is 14.2. The molecule has 8 nitrogen and oxygen atoms in total. The van der Waals surface area contributed by atoms with Gasteiger partial charge in [0.2, 0.25) is 5.95 Å². The number of nitrogen functional groups attached to an aromatic ring is 1. The van der Waals surface area contributed by atoms with Crippen LogP contribution in [0.5, 0.6) is 0 Å². The average Bonchev–Trinajstić information content (AvgIpc) is 3.02. The third-order valence-corrected chi connectivity index (χ3v) is 4.60.